The Kier molecular flexibility index (Phi) is 10.3. The lowest BCUT2D eigenvalue weighted by atomic mass is 10.1. The highest BCUT2D eigenvalue weighted by Gasteiger charge is 2.30. The second-order valence-electron chi connectivity index (χ2n) is 8.92. The van der Waals surface area contributed by atoms with Crippen molar-refractivity contribution in [3.8, 4) is 17.2 Å². The van der Waals surface area contributed by atoms with Crippen molar-refractivity contribution in [2.24, 2.45) is 0 Å². The summed E-state index contributed by atoms with van der Waals surface area (Å²) in [4.78, 5) is 22.0. The summed E-state index contributed by atoms with van der Waals surface area (Å²) in [5, 5.41) is 23.3. The summed E-state index contributed by atoms with van der Waals surface area (Å²) in [6.45, 7) is 0.242. The fourth-order valence-corrected chi connectivity index (χ4v) is 3.26. The van der Waals surface area contributed by atoms with Gasteiger partial charge < -0.3 is 28.6 Å². The molecule has 2 aromatic carbocycles. The Bertz CT molecular complexity index is 1230. The van der Waals surface area contributed by atoms with E-state index in [0.29, 0.717) is 22.8 Å². The maximum Gasteiger partial charge on any atom is 0.437 e. The Hall–Kier alpha value is -3.35. The molecule has 0 fully saturated rings. The minimum atomic E-state index is -4.46. The van der Waals surface area contributed by atoms with Crippen molar-refractivity contribution in [3.05, 3.63) is 69.2 Å². The standard InChI is InChI=1S/C17H12ClF3N2O4.C7H15NO2/c18-13-5-6-14(26-9-24)11(7-13)8-23-16(25)27-15(22-23)10-1-3-12(4-2-10)17(19,20)21;1-8(2,3)6-4-5-7(9)10/h1-7,24H,8-9H2;4-6H2,1-3H3. The van der Waals surface area contributed by atoms with Crippen molar-refractivity contribution in [1.29, 1.82) is 0 Å². The van der Waals surface area contributed by atoms with Crippen LogP contribution in [0.3, 0.4) is 0 Å². The van der Waals surface area contributed by atoms with Gasteiger partial charge in [-0.05, 0) is 48.9 Å². The molecular formula is C24H27ClF3N3O6. The van der Waals surface area contributed by atoms with Gasteiger partial charge >= 0.3 is 11.9 Å². The highest BCUT2D eigenvalue weighted by Crippen LogP contribution is 2.30. The molecule has 0 atom stereocenters. The number of carbonyl (C=O) groups is 1. The van der Waals surface area contributed by atoms with E-state index in [2.05, 4.69) is 5.10 Å². The number of carbonyl (C=O) groups excluding carboxylic acids is 1. The third-order valence-corrected chi connectivity index (χ3v) is 5.07. The van der Waals surface area contributed by atoms with Crippen molar-refractivity contribution in [3.63, 3.8) is 0 Å². The van der Waals surface area contributed by atoms with E-state index in [-0.39, 0.29) is 24.4 Å². The SMILES string of the molecule is C[N+](C)(C)CCCC(=O)[O-].O=c1oc(-c2ccc(C(F)(F)F)cc2)nn1Cc1cc(Cl)ccc1OCO. The molecule has 3 aromatic rings. The predicted octanol–water partition coefficient (Wildman–Crippen LogP) is 2.78. The molecular weight excluding hydrogens is 519 g/mol. The lowest BCUT2D eigenvalue weighted by Crippen LogP contribution is -2.36. The van der Waals surface area contributed by atoms with Gasteiger partial charge in [0.1, 0.15) is 5.75 Å². The van der Waals surface area contributed by atoms with Crippen LogP contribution in [0.4, 0.5) is 13.2 Å². The van der Waals surface area contributed by atoms with Crippen molar-refractivity contribution >= 4 is 17.6 Å². The Morgan fingerprint density at radius 2 is 1.84 bits per heavy atom. The highest BCUT2D eigenvalue weighted by molar-refractivity contribution is 6.30. The molecule has 0 saturated carbocycles. The lowest BCUT2D eigenvalue weighted by Gasteiger charge is -2.23. The summed E-state index contributed by atoms with van der Waals surface area (Å²) in [7, 11) is 6.11. The molecule has 0 saturated heterocycles. The third-order valence-electron chi connectivity index (χ3n) is 4.84. The number of alkyl halides is 3. The van der Waals surface area contributed by atoms with Crippen molar-refractivity contribution < 1.29 is 41.8 Å². The molecule has 9 nitrogen and oxygen atoms in total. The van der Waals surface area contributed by atoms with E-state index < -0.39 is 30.3 Å². The quantitative estimate of drug-likeness (QED) is 0.324. The van der Waals surface area contributed by atoms with E-state index in [1.54, 1.807) is 6.07 Å². The van der Waals surface area contributed by atoms with Crippen LogP contribution in [-0.2, 0) is 17.5 Å². The molecule has 3 rings (SSSR count). The largest absolute Gasteiger partial charge is 0.550 e. The van der Waals surface area contributed by atoms with Gasteiger partial charge in [-0.1, -0.05) is 11.6 Å². The van der Waals surface area contributed by atoms with Gasteiger partial charge in [0.05, 0.1) is 39.8 Å². The number of aliphatic hydroxyl groups is 1. The number of benzene rings is 2. The molecule has 0 amide bonds. The first-order chi connectivity index (χ1) is 17.2. The smallest absolute Gasteiger partial charge is 0.437 e. The third kappa shape index (κ3) is 9.90. The number of aliphatic hydroxyl groups excluding tert-OH is 1. The lowest BCUT2D eigenvalue weighted by molar-refractivity contribution is -0.870. The van der Waals surface area contributed by atoms with Crippen LogP contribution in [0, 0.1) is 0 Å². The summed E-state index contributed by atoms with van der Waals surface area (Å²) in [5.41, 5.74) is -0.138. The van der Waals surface area contributed by atoms with Gasteiger partial charge in [-0.25, -0.2) is 4.79 Å². The maximum atomic E-state index is 12.6. The second kappa shape index (κ2) is 12.7. The van der Waals surface area contributed by atoms with E-state index in [4.69, 9.17) is 25.9 Å². The molecule has 0 spiro atoms. The average Bonchev–Trinajstić information content (AvgIpc) is 3.15. The van der Waals surface area contributed by atoms with Gasteiger partial charge in [-0.2, -0.15) is 17.9 Å². The molecule has 0 radical (unpaired) electrons. The highest BCUT2D eigenvalue weighted by atomic mass is 35.5. The summed E-state index contributed by atoms with van der Waals surface area (Å²) >= 11 is 5.93. The number of hydrogen-bond acceptors (Lipinski definition) is 7. The normalized spacial score (nSPS) is 11.6. The Morgan fingerprint density at radius 1 is 1.19 bits per heavy atom. The first-order valence-corrected chi connectivity index (χ1v) is 11.4. The van der Waals surface area contributed by atoms with Crippen LogP contribution in [-0.4, -0.2) is 59.8 Å². The summed E-state index contributed by atoms with van der Waals surface area (Å²) < 4.78 is 49.8. The first-order valence-electron chi connectivity index (χ1n) is 11.0. The van der Waals surface area contributed by atoms with Crippen LogP contribution < -0.4 is 15.6 Å². The fraction of sp³-hybridized carbons (Fsp3) is 0.375. The van der Waals surface area contributed by atoms with Crippen LogP contribution in [0.2, 0.25) is 5.02 Å². The maximum absolute atomic E-state index is 12.6. The van der Waals surface area contributed by atoms with E-state index >= 15 is 0 Å². The van der Waals surface area contributed by atoms with Gasteiger partial charge in [-0.15, -0.1) is 5.10 Å². The fourth-order valence-electron chi connectivity index (χ4n) is 3.07. The van der Waals surface area contributed by atoms with Gasteiger partial charge in [0, 0.05) is 28.5 Å². The molecule has 0 unspecified atom stereocenters. The Morgan fingerprint density at radius 3 is 2.38 bits per heavy atom. The minimum Gasteiger partial charge on any atom is -0.550 e. The van der Waals surface area contributed by atoms with Crippen molar-refractivity contribution in [2.75, 3.05) is 34.5 Å². The monoisotopic (exact) mass is 545 g/mol. The molecule has 1 heterocycles. The molecule has 37 heavy (non-hydrogen) atoms. The number of rotatable bonds is 9. The van der Waals surface area contributed by atoms with Crippen molar-refractivity contribution in [2.45, 2.75) is 25.6 Å². The molecule has 1 N–H and O–H groups in total. The number of carboxylic acids is 1. The average molecular weight is 546 g/mol. The molecule has 0 aliphatic heterocycles. The zero-order valence-electron chi connectivity index (χ0n) is 20.4. The van der Waals surface area contributed by atoms with Gasteiger partial charge in [-0.3, -0.25) is 0 Å². The number of nitrogens with zero attached hydrogens (tertiary/aromatic N) is 3. The van der Waals surface area contributed by atoms with Crippen LogP contribution in [0.1, 0.15) is 24.0 Å². The van der Waals surface area contributed by atoms with E-state index in [9.17, 15) is 27.9 Å². The number of carboxylic acid groups (broad SMARTS) is 1. The van der Waals surface area contributed by atoms with Crippen LogP contribution in [0.25, 0.3) is 11.5 Å². The topological polar surface area (TPSA) is 118 Å². The molecule has 1 aromatic heterocycles. The molecule has 0 aliphatic carbocycles. The minimum absolute atomic E-state index is 0.0706. The zero-order valence-corrected chi connectivity index (χ0v) is 21.2. The van der Waals surface area contributed by atoms with Crippen LogP contribution in [0.15, 0.2) is 51.7 Å². The Labute approximate surface area is 215 Å². The number of halogens is 4. The predicted molar refractivity (Wildman–Crippen MR) is 127 cm³/mol. The van der Waals surface area contributed by atoms with Crippen molar-refractivity contribution in [1.82, 2.24) is 9.78 Å². The zero-order chi connectivity index (χ0) is 27.8. The Balaban J connectivity index is 0.000000410. The molecule has 202 valence electrons. The van der Waals surface area contributed by atoms with Gasteiger partial charge in [0.25, 0.3) is 0 Å². The number of aromatic nitrogens is 2. The summed E-state index contributed by atoms with van der Waals surface area (Å²) in [5.74, 6) is -1.58. The summed E-state index contributed by atoms with van der Waals surface area (Å²) in [6.07, 6.45) is -3.59. The van der Waals surface area contributed by atoms with E-state index in [1.165, 1.54) is 12.1 Å². The van der Waals surface area contributed by atoms with Gasteiger partial charge in [0.15, 0.2) is 6.79 Å². The molecule has 13 heteroatoms. The number of aliphatic carboxylic acids is 1. The van der Waals surface area contributed by atoms with E-state index in [1.807, 2.05) is 21.1 Å². The van der Waals surface area contributed by atoms with Crippen LogP contribution in [0.5, 0.6) is 5.75 Å². The molecule has 0 bridgehead atoms. The number of hydrogen-bond donors (Lipinski definition) is 1. The number of quaternary nitrogens is 1. The number of ether oxygens (including phenoxy) is 1. The van der Waals surface area contributed by atoms with Gasteiger partial charge in [0.2, 0.25) is 5.89 Å². The summed E-state index contributed by atoms with van der Waals surface area (Å²) in [6, 6.07) is 8.68. The van der Waals surface area contributed by atoms with E-state index in [0.717, 1.165) is 40.0 Å². The first kappa shape index (κ1) is 29.9. The van der Waals surface area contributed by atoms with Crippen LogP contribution >= 0.6 is 11.6 Å². The second-order valence-corrected chi connectivity index (χ2v) is 9.36. The molecule has 0 aliphatic rings.